The van der Waals surface area contributed by atoms with Gasteiger partial charge >= 0.3 is 6.18 Å². The molecule has 2 rings (SSSR count). The highest BCUT2D eigenvalue weighted by molar-refractivity contribution is 5.97. The largest absolute Gasteiger partial charge is 0.492 e. The molecule has 0 heterocycles. The van der Waals surface area contributed by atoms with Crippen molar-refractivity contribution in [2.45, 2.75) is 6.18 Å². The van der Waals surface area contributed by atoms with Crippen LogP contribution >= 0.6 is 0 Å². The molecule has 0 saturated carbocycles. The Hall–Kier alpha value is -2.50. The monoisotopic (exact) mass is 308 g/mol. The fourth-order valence-corrected chi connectivity index (χ4v) is 1.96. The van der Waals surface area contributed by atoms with Gasteiger partial charge in [0.15, 0.2) is 0 Å². The van der Waals surface area contributed by atoms with E-state index in [9.17, 15) is 18.0 Å². The number of rotatable bonds is 5. The van der Waals surface area contributed by atoms with E-state index in [1.165, 1.54) is 12.1 Å². The van der Waals surface area contributed by atoms with Gasteiger partial charge in [0.25, 0.3) is 5.91 Å². The van der Waals surface area contributed by atoms with Crippen LogP contribution in [0.25, 0.3) is 0 Å². The van der Waals surface area contributed by atoms with Gasteiger partial charge in [-0.25, -0.2) is 0 Å². The summed E-state index contributed by atoms with van der Waals surface area (Å²) < 4.78 is 44.0. The number of carbonyl (C=O) groups excluding carboxylic acids is 1. The summed E-state index contributed by atoms with van der Waals surface area (Å²) in [5, 5.41) is 0. The molecule has 1 radical (unpaired) electrons. The zero-order valence-corrected chi connectivity index (χ0v) is 11.4. The molecule has 0 unspecified atom stereocenters. The van der Waals surface area contributed by atoms with Gasteiger partial charge < -0.3 is 10.5 Å². The van der Waals surface area contributed by atoms with Crippen LogP contribution in [0.15, 0.2) is 48.5 Å². The van der Waals surface area contributed by atoms with Gasteiger partial charge in [0.05, 0.1) is 17.7 Å². The van der Waals surface area contributed by atoms with Gasteiger partial charge in [-0.2, -0.15) is 13.2 Å². The van der Waals surface area contributed by atoms with Crippen molar-refractivity contribution in [1.29, 1.82) is 0 Å². The molecule has 3 nitrogen and oxygen atoms in total. The number of ether oxygens (including phenoxy) is 1. The van der Waals surface area contributed by atoms with E-state index < -0.39 is 23.2 Å². The second-order valence-electron chi connectivity index (χ2n) is 4.47. The normalized spacial score (nSPS) is 11.2. The fourth-order valence-electron chi connectivity index (χ4n) is 1.96. The highest BCUT2D eigenvalue weighted by Gasteiger charge is 2.36. The third kappa shape index (κ3) is 3.78. The molecule has 2 aromatic rings. The lowest BCUT2D eigenvalue weighted by molar-refractivity contribution is -0.138. The van der Waals surface area contributed by atoms with Gasteiger partial charge in [-0.05, 0) is 17.7 Å². The molecule has 0 spiro atoms. The molecule has 0 fully saturated rings. The number of nitrogens with two attached hydrogens (primary N) is 1. The van der Waals surface area contributed by atoms with Crippen LogP contribution < -0.4 is 10.5 Å². The number of carbonyl (C=O) groups is 1. The maximum atomic E-state index is 12.9. The molecule has 22 heavy (non-hydrogen) atoms. The molecular formula is C16H13F3NO2. The van der Waals surface area contributed by atoms with Crippen molar-refractivity contribution >= 4 is 5.91 Å². The number of hydrogen-bond donors (Lipinski definition) is 1. The summed E-state index contributed by atoms with van der Waals surface area (Å²) in [5.74, 6) is -1.36. The Morgan fingerprint density at radius 2 is 1.77 bits per heavy atom. The Morgan fingerprint density at radius 1 is 1.09 bits per heavy atom. The minimum atomic E-state index is -4.67. The smallest absolute Gasteiger partial charge is 0.417 e. The Labute approximate surface area is 125 Å². The topological polar surface area (TPSA) is 52.3 Å². The maximum Gasteiger partial charge on any atom is 0.417 e. The molecule has 0 saturated heterocycles. The van der Waals surface area contributed by atoms with Crippen molar-refractivity contribution < 1.29 is 22.7 Å². The van der Waals surface area contributed by atoms with Crippen LogP contribution in [-0.2, 0) is 6.18 Å². The first kappa shape index (κ1) is 15.9. The third-order valence-electron chi connectivity index (χ3n) is 2.94. The minimum Gasteiger partial charge on any atom is -0.492 e. The molecule has 0 aromatic heterocycles. The summed E-state index contributed by atoms with van der Waals surface area (Å²) in [6.45, 7) is 0.0194. The Bertz CT molecular complexity index is 654. The van der Waals surface area contributed by atoms with Crippen LogP contribution in [0.1, 0.15) is 21.5 Å². The van der Waals surface area contributed by atoms with E-state index in [-0.39, 0.29) is 12.4 Å². The summed E-state index contributed by atoms with van der Waals surface area (Å²) in [6, 6.07) is 12.4. The molecule has 2 aromatic carbocycles. The highest BCUT2D eigenvalue weighted by Crippen LogP contribution is 2.35. The highest BCUT2D eigenvalue weighted by atomic mass is 19.4. The SMILES string of the molecule is NC(=O)c1c(OC[CH]c2ccccc2)cccc1C(F)(F)F. The number of alkyl halides is 3. The van der Waals surface area contributed by atoms with Crippen LogP contribution in [0.2, 0.25) is 0 Å². The van der Waals surface area contributed by atoms with E-state index in [0.29, 0.717) is 0 Å². The molecule has 0 atom stereocenters. The van der Waals surface area contributed by atoms with E-state index in [0.717, 1.165) is 11.6 Å². The molecule has 6 heteroatoms. The van der Waals surface area contributed by atoms with Crippen molar-refractivity contribution in [3.05, 3.63) is 71.6 Å². The molecule has 0 aliphatic heterocycles. The Balaban J connectivity index is 2.19. The lowest BCUT2D eigenvalue weighted by Gasteiger charge is -2.15. The van der Waals surface area contributed by atoms with Gasteiger partial charge in [-0.15, -0.1) is 0 Å². The average Bonchev–Trinajstić information content (AvgIpc) is 2.47. The number of benzene rings is 2. The van der Waals surface area contributed by atoms with Gasteiger partial charge in [0.2, 0.25) is 0 Å². The van der Waals surface area contributed by atoms with Crippen molar-refractivity contribution in [3.8, 4) is 5.75 Å². The van der Waals surface area contributed by atoms with Gasteiger partial charge in [-0.3, -0.25) is 4.79 Å². The first-order valence-corrected chi connectivity index (χ1v) is 6.40. The molecule has 1 amide bonds. The predicted octanol–water partition coefficient (Wildman–Crippen LogP) is 3.44. The average molecular weight is 308 g/mol. The van der Waals surface area contributed by atoms with Crippen molar-refractivity contribution in [3.63, 3.8) is 0 Å². The van der Waals surface area contributed by atoms with E-state index >= 15 is 0 Å². The predicted molar refractivity (Wildman–Crippen MR) is 75.3 cm³/mol. The summed E-state index contributed by atoms with van der Waals surface area (Å²) in [5.41, 5.74) is 4.17. The summed E-state index contributed by atoms with van der Waals surface area (Å²) in [4.78, 5) is 11.4. The van der Waals surface area contributed by atoms with Crippen molar-refractivity contribution in [2.24, 2.45) is 5.73 Å². The van der Waals surface area contributed by atoms with E-state index in [2.05, 4.69) is 0 Å². The summed E-state index contributed by atoms with van der Waals surface area (Å²) in [6.07, 6.45) is -2.99. The lowest BCUT2D eigenvalue weighted by atomic mass is 10.1. The molecule has 115 valence electrons. The van der Waals surface area contributed by atoms with Crippen molar-refractivity contribution in [2.75, 3.05) is 6.61 Å². The molecular weight excluding hydrogens is 295 g/mol. The van der Waals surface area contributed by atoms with Gasteiger partial charge in [0.1, 0.15) is 5.75 Å². The summed E-state index contributed by atoms with van der Waals surface area (Å²) in [7, 11) is 0. The van der Waals surface area contributed by atoms with Crippen molar-refractivity contribution in [1.82, 2.24) is 0 Å². The molecule has 0 bridgehead atoms. The number of primary amides is 1. The maximum absolute atomic E-state index is 12.9. The second kappa shape index (κ2) is 6.51. The third-order valence-corrected chi connectivity index (χ3v) is 2.94. The zero-order chi connectivity index (χ0) is 16.2. The van der Waals surface area contributed by atoms with Gasteiger partial charge in [0, 0.05) is 6.42 Å². The van der Waals surface area contributed by atoms with E-state index in [1.54, 1.807) is 6.42 Å². The molecule has 0 aliphatic rings. The first-order valence-electron chi connectivity index (χ1n) is 6.40. The Morgan fingerprint density at radius 3 is 2.36 bits per heavy atom. The first-order chi connectivity index (χ1) is 10.4. The van der Waals surface area contributed by atoms with Crippen LogP contribution in [-0.4, -0.2) is 12.5 Å². The second-order valence-corrected chi connectivity index (χ2v) is 4.47. The Kier molecular flexibility index (Phi) is 4.70. The number of hydrogen-bond acceptors (Lipinski definition) is 2. The van der Waals surface area contributed by atoms with Crippen LogP contribution in [0, 0.1) is 6.42 Å². The van der Waals surface area contributed by atoms with Crippen LogP contribution in [0.3, 0.4) is 0 Å². The van der Waals surface area contributed by atoms with Crippen LogP contribution in [0.4, 0.5) is 13.2 Å². The lowest BCUT2D eigenvalue weighted by Crippen LogP contribution is -2.20. The number of amides is 1. The fraction of sp³-hybridized carbons (Fsp3) is 0.125. The molecule has 0 aliphatic carbocycles. The quantitative estimate of drug-likeness (QED) is 0.920. The van der Waals surface area contributed by atoms with E-state index in [1.807, 2.05) is 30.3 Å². The standard InChI is InChI=1S/C16H13F3NO2/c17-16(18,19)12-7-4-8-13(14(12)15(20)21)22-10-9-11-5-2-1-3-6-11/h1-9H,10H2,(H2,20,21). The van der Waals surface area contributed by atoms with E-state index in [4.69, 9.17) is 10.5 Å². The number of halogens is 3. The summed E-state index contributed by atoms with van der Waals surface area (Å²) >= 11 is 0. The van der Waals surface area contributed by atoms with Crippen LogP contribution in [0.5, 0.6) is 5.75 Å². The zero-order valence-electron chi connectivity index (χ0n) is 11.4. The molecule has 2 N–H and O–H groups in total. The minimum absolute atomic E-state index is 0.0194. The van der Waals surface area contributed by atoms with Gasteiger partial charge in [-0.1, -0.05) is 36.4 Å².